The highest BCUT2D eigenvalue weighted by Gasteiger charge is 2.17. The van der Waals surface area contributed by atoms with Crippen molar-refractivity contribution in [2.75, 3.05) is 12.4 Å². The molecule has 0 radical (unpaired) electrons. The minimum atomic E-state index is -0.836. The van der Waals surface area contributed by atoms with Gasteiger partial charge in [0, 0.05) is 24.0 Å². The lowest BCUT2D eigenvalue weighted by atomic mass is 10.2. The molecule has 1 aromatic heterocycles. The summed E-state index contributed by atoms with van der Waals surface area (Å²) in [7, 11) is 1.48. The van der Waals surface area contributed by atoms with Gasteiger partial charge < -0.3 is 15.0 Å². The molecule has 0 saturated heterocycles. The largest absolute Gasteiger partial charge is 0.497 e. The molecule has 2 N–H and O–H groups in total. The van der Waals surface area contributed by atoms with E-state index >= 15 is 0 Å². The third-order valence-electron chi connectivity index (χ3n) is 3.87. The van der Waals surface area contributed by atoms with Crippen LogP contribution in [0, 0.1) is 10.1 Å². The Morgan fingerprint density at radius 2 is 1.89 bits per heavy atom. The number of aromatic amines is 1. The van der Waals surface area contributed by atoms with Crippen LogP contribution in [0.5, 0.6) is 5.75 Å². The number of H-pyrrole nitrogens is 1. The molecule has 3 rings (SSSR count). The lowest BCUT2D eigenvalue weighted by Gasteiger charge is -2.09. The Morgan fingerprint density at radius 3 is 2.54 bits per heavy atom. The molecule has 2 aromatic carbocycles. The predicted octanol–water partition coefficient (Wildman–Crippen LogP) is 1.69. The number of carbonyl (C=O) groups is 1. The summed E-state index contributed by atoms with van der Waals surface area (Å²) in [4.78, 5) is 49.9. The molecule has 0 spiro atoms. The van der Waals surface area contributed by atoms with Crippen molar-refractivity contribution in [1.29, 1.82) is 0 Å². The van der Waals surface area contributed by atoms with Crippen LogP contribution in [0.3, 0.4) is 0 Å². The van der Waals surface area contributed by atoms with Crippen molar-refractivity contribution in [2.45, 2.75) is 0 Å². The molecule has 0 atom stereocenters. The fraction of sp³-hybridized carbons (Fsp3) is 0.0556. The summed E-state index contributed by atoms with van der Waals surface area (Å²) in [5.41, 5.74) is -1.71. The zero-order valence-electron chi connectivity index (χ0n) is 14.5. The number of non-ortho nitro benzene ring substituents is 1. The molecule has 0 bridgehead atoms. The van der Waals surface area contributed by atoms with E-state index in [0.29, 0.717) is 5.75 Å². The number of anilines is 1. The number of benzene rings is 2. The van der Waals surface area contributed by atoms with Gasteiger partial charge >= 0.3 is 5.69 Å². The Morgan fingerprint density at radius 1 is 1.18 bits per heavy atom. The number of methoxy groups -OCH3 is 1. The maximum atomic E-state index is 12.7. The van der Waals surface area contributed by atoms with Gasteiger partial charge in [0.05, 0.1) is 17.7 Å². The highest BCUT2D eigenvalue weighted by atomic mass is 16.6. The lowest BCUT2D eigenvalue weighted by Crippen LogP contribution is -2.38. The minimum Gasteiger partial charge on any atom is -0.497 e. The van der Waals surface area contributed by atoms with Gasteiger partial charge in [-0.2, -0.15) is 0 Å². The van der Waals surface area contributed by atoms with E-state index in [0.717, 1.165) is 16.8 Å². The normalized spacial score (nSPS) is 10.3. The average molecular weight is 382 g/mol. The number of aromatic nitrogens is 2. The number of nitro benzene ring substituents is 1. The summed E-state index contributed by atoms with van der Waals surface area (Å²) in [5.74, 6) is -0.281. The summed E-state index contributed by atoms with van der Waals surface area (Å²) in [5, 5.41) is 13.3. The summed E-state index contributed by atoms with van der Waals surface area (Å²) in [6.45, 7) is 0. The molecular formula is C18H14N4O6. The first-order chi connectivity index (χ1) is 13.4. The van der Waals surface area contributed by atoms with E-state index in [1.165, 1.54) is 37.4 Å². The second kappa shape index (κ2) is 7.58. The van der Waals surface area contributed by atoms with E-state index < -0.39 is 22.1 Å². The van der Waals surface area contributed by atoms with Crippen LogP contribution in [0.25, 0.3) is 5.69 Å². The molecule has 28 heavy (non-hydrogen) atoms. The standard InChI is InChI=1S/C18H14N4O6/c1-28-14-7-5-12(6-8-14)21-17(24)15(10-19-18(21)25)16(23)20-11-3-2-4-13(9-11)22(26)27/h2-10H,1H3,(H,19,25)(H,20,23). The van der Waals surface area contributed by atoms with Gasteiger partial charge in [0.15, 0.2) is 0 Å². The van der Waals surface area contributed by atoms with Crippen LogP contribution < -0.4 is 21.3 Å². The number of ether oxygens (including phenoxy) is 1. The van der Waals surface area contributed by atoms with Crippen LogP contribution in [0.15, 0.2) is 64.3 Å². The number of nitrogens with zero attached hydrogens (tertiary/aromatic N) is 2. The molecule has 10 heteroatoms. The van der Waals surface area contributed by atoms with Gasteiger partial charge in [0.1, 0.15) is 11.3 Å². The first kappa shape index (κ1) is 18.6. The number of hydrogen-bond acceptors (Lipinski definition) is 6. The fourth-order valence-electron chi connectivity index (χ4n) is 2.50. The third-order valence-corrected chi connectivity index (χ3v) is 3.87. The molecule has 0 saturated carbocycles. The van der Waals surface area contributed by atoms with Crippen molar-refractivity contribution in [1.82, 2.24) is 9.55 Å². The second-order valence-corrected chi connectivity index (χ2v) is 5.61. The van der Waals surface area contributed by atoms with Crippen molar-refractivity contribution >= 4 is 17.3 Å². The topological polar surface area (TPSA) is 136 Å². The van der Waals surface area contributed by atoms with Gasteiger partial charge in [-0.3, -0.25) is 19.7 Å². The first-order valence-corrected chi connectivity index (χ1v) is 7.95. The monoisotopic (exact) mass is 382 g/mol. The van der Waals surface area contributed by atoms with Crippen LogP contribution in [0.4, 0.5) is 11.4 Å². The Kier molecular flexibility index (Phi) is 5.03. The fourth-order valence-corrected chi connectivity index (χ4v) is 2.50. The van der Waals surface area contributed by atoms with Crippen molar-refractivity contribution in [3.63, 3.8) is 0 Å². The Balaban J connectivity index is 1.97. The SMILES string of the molecule is COc1ccc(-n2c(=O)[nH]cc(C(=O)Nc3cccc([N+](=O)[O-])c3)c2=O)cc1. The van der Waals surface area contributed by atoms with Crippen LogP contribution in [0.2, 0.25) is 0 Å². The smallest absolute Gasteiger partial charge is 0.333 e. The van der Waals surface area contributed by atoms with Gasteiger partial charge in [0.2, 0.25) is 0 Å². The van der Waals surface area contributed by atoms with Crippen molar-refractivity contribution in [3.05, 3.63) is 91.2 Å². The third kappa shape index (κ3) is 3.65. The summed E-state index contributed by atoms with van der Waals surface area (Å²) >= 11 is 0. The van der Waals surface area contributed by atoms with Crippen LogP contribution in [-0.2, 0) is 0 Å². The van der Waals surface area contributed by atoms with E-state index in [1.807, 2.05) is 0 Å². The number of nitrogens with one attached hydrogen (secondary N) is 2. The highest BCUT2D eigenvalue weighted by molar-refractivity contribution is 6.04. The Hall–Kier alpha value is -4.21. The number of amides is 1. The number of carbonyl (C=O) groups excluding carboxylic acids is 1. The lowest BCUT2D eigenvalue weighted by molar-refractivity contribution is -0.384. The van der Waals surface area contributed by atoms with Crippen molar-refractivity contribution < 1.29 is 14.5 Å². The first-order valence-electron chi connectivity index (χ1n) is 7.95. The zero-order valence-corrected chi connectivity index (χ0v) is 14.5. The maximum absolute atomic E-state index is 12.7. The van der Waals surface area contributed by atoms with E-state index in [1.54, 1.807) is 12.1 Å². The number of rotatable bonds is 5. The van der Waals surface area contributed by atoms with Crippen LogP contribution >= 0.6 is 0 Å². The molecule has 0 fully saturated rings. The molecule has 10 nitrogen and oxygen atoms in total. The summed E-state index contributed by atoms with van der Waals surface area (Å²) in [6, 6.07) is 11.4. The van der Waals surface area contributed by atoms with E-state index in [-0.39, 0.29) is 22.6 Å². The van der Waals surface area contributed by atoms with Crippen LogP contribution in [0.1, 0.15) is 10.4 Å². The van der Waals surface area contributed by atoms with E-state index in [9.17, 15) is 24.5 Å². The van der Waals surface area contributed by atoms with Gasteiger partial charge in [0.25, 0.3) is 17.2 Å². The molecule has 0 aliphatic heterocycles. The van der Waals surface area contributed by atoms with Gasteiger partial charge in [-0.1, -0.05) is 6.07 Å². The molecule has 3 aromatic rings. The zero-order chi connectivity index (χ0) is 20.3. The number of hydrogen-bond donors (Lipinski definition) is 2. The second-order valence-electron chi connectivity index (χ2n) is 5.61. The molecule has 0 unspecified atom stereocenters. The Labute approximate surface area is 157 Å². The van der Waals surface area contributed by atoms with Gasteiger partial charge in [-0.05, 0) is 30.3 Å². The van der Waals surface area contributed by atoms with Crippen molar-refractivity contribution in [2.24, 2.45) is 0 Å². The minimum absolute atomic E-state index is 0.140. The molecule has 142 valence electrons. The van der Waals surface area contributed by atoms with Crippen LogP contribution in [-0.4, -0.2) is 27.5 Å². The summed E-state index contributed by atoms with van der Waals surface area (Å²) in [6.07, 6.45) is 0.997. The number of nitro groups is 1. The van der Waals surface area contributed by atoms with E-state index in [4.69, 9.17) is 4.74 Å². The molecule has 0 aliphatic carbocycles. The van der Waals surface area contributed by atoms with Gasteiger partial charge in [-0.15, -0.1) is 0 Å². The summed E-state index contributed by atoms with van der Waals surface area (Å²) < 4.78 is 5.84. The molecular weight excluding hydrogens is 368 g/mol. The highest BCUT2D eigenvalue weighted by Crippen LogP contribution is 2.17. The van der Waals surface area contributed by atoms with Crippen molar-refractivity contribution in [3.8, 4) is 11.4 Å². The maximum Gasteiger partial charge on any atom is 0.333 e. The van der Waals surface area contributed by atoms with Gasteiger partial charge in [-0.25, -0.2) is 9.36 Å². The predicted molar refractivity (Wildman–Crippen MR) is 100 cm³/mol. The molecule has 1 heterocycles. The molecule has 1 amide bonds. The van der Waals surface area contributed by atoms with E-state index in [2.05, 4.69) is 10.3 Å². The Bertz CT molecular complexity index is 1160. The molecule has 0 aliphatic rings. The quantitative estimate of drug-likeness (QED) is 0.509. The average Bonchev–Trinajstić information content (AvgIpc) is 2.68.